The van der Waals surface area contributed by atoms with Crippen molar-refractivity contribution in [1.82, 2.24) is 10.2 Å². The molecular weight excluding hydrogens is 360 g/mol. The van der Waals surface area contributed by atoms with Crippen molar-refractivity contribution in [3.8, 4) is 0 Å². The van der Waals surface area contributed by atoms with Crippen LogP contribution in [0.4, 0.5) is 0 Å². The summed E-state index contributed by atoms with van der Waals surface area (Å²) in [4.78, 5) is 28.0. The first-order valence-electron chi connectivity index (χ1n) is 10.6. The van der Waals surface area contributed by atoms with Crippen LogP contribution in [0, 0.1) is 12.8 Å². The topological polar surface area (TPSA) is 49.4 Å². The normalized spacial score (nSPS) is 11.9. The summed E-state index contributed by atoms with van der Waals surface area (Å²) in [5.41, 5.74) is 3.24. The largest absolute Gasteiger partial charge is 0.354 e. The van der Waals surface area contributed by atoms with Gasteiger partial charge in [-0.15, -0.1) is 0 Å². The SMILES string of the molecule is CCCC(=O)N(Cc1cccc(C)c1)[C@H](Cc1ccccc1)C(=O)NCC(C)C. The van der Waals surface area contributed by atoms with Gasteiger partial charge in [-0.1, -0.05) is 80.9 Å². The molecule has 0 aliphatic carbocycles. The van der Waals surface area contributed by atoms with E-state index >= 15 is 0 Å². The van der Waals surface area contributed by atoms with Crippen LogP contribution in [-0.4, -0.2) is 29.3 Å². The van der Waals surface area contributed by atoms with Gasteiger partial charge in [0.05, 0.1) is 0 Å². The zero-order chi connectivity index (χ0) is 21.2. The Bertz CT molecular complexity index is 786. The second-order valence-electron chi connectivity index (χ2n) is 8.11. The van der Waals surface area contributed by atoms with Gasteiger partial charge in [-0.2, -0.15) is 0 Å². The van der Waals surface area contributed by atoms with Crippen molar-refractivity contribution in [2.45, 2.75) is 59.5 Å². The molecule has 4 heteroatoms. The van der Waals surface area contributed by atoms with Gasteiger partial charge in [0.25, 0.3) is 0 Å². The quantitative estimate of drug-likeness (QED) is 0.645. The Morgan fingerprint density at radius 2 is 1.69 bits per heavy atom. The predicted molar refractivity (Wildman–Crippen MR) is 118 cm³/mol. The van der Waals surface area contributed by atoms with Gasteiger partial charge in [-0.25, -0.2) is 0 Å². The first-order valence-corrected chi connectivity index (χ1v) is 10.6. The van der Waals surface area contributed by atoms with E-state index in [-0.39, 0.29) is 11.8 Å². The molecule has 156 valence electrons. The predicted octanol–water partition coefficient (Wildman–Crippen LogP) is 4.51. The third kappa shape index (κ3) is 7.37. The van der Waals surface area contributed by atoms with Gasteiger partial charge in [0, 0.05) is 25.9 Å². The molecule has 2 aromatic carbocycles. The summed E-state index contributed by atoms with van der Waals surface area (Å²) in [6.07, 6.45) is 1.70. The van der Waals surface area contributed by atoms with Gasteiger partial charge >= 0.3 is 0 Å². The van der Waals surface area contributed by atoms with E-state index in [0.29, 0.717) is 31.8 Å². The van der Waals surface area contributed by atoms with Crippen LogP contribution in [0.2, 0.25) is 0 Å². The van der Waals surface area contributed by atoms with E-state index in [1.165, 1.54) is 0 Å². The van der Waals surface area contributed by atoms with Gasteiger partial charge in [-0.3, -0.25) is 9.59 Å². The highest BCUT2D eigenvalue weighted by Gasteiger charge is 2.29. The highest BCUT2D eigenvalue weighted by atomic mass is 16.2. The number of rotatable bonds is 10. The fraction of sp³-hybridized carbons (Fsp3) is 0.440. The Balaban J connectivity index is 2.34. The lowest BCUT2D eigenvalue weighted by Crippen LogP contribution is -2.51. The Morgan fingerprint density at radius 3 is 2.31 bits per heavy atom. The lowest BCUT2D eigenvalue weighted by atomic mass is 10.0. The van der Waals surface area contributed by atoms with Crippen molar-refractivity contribution < 1.29 is 9.59 Å². The van der Waals surface area contributed by atoms with Crippen molar-refractivity contribution in [3.05, 3.63) is 71.3 Å². The average molecular weight is 395 g/mol. The molecule has 2 rings (SSSR count). The molecule has 0 heterocycles. The molecule has 0 aliphatic rings. The van der Waals surface area contributed by atoms with Gasteiger partial charge < -0.3 is 10.2 Å². The number of nitrogens with zero attached hydrogens (tertiary/aromatic N) is 1. The van der Waals surface area contributed by atoms with Crippen LogP contribution >= 0.6 is 0 Å². The Morgan fingerprint density at radius 1 is 1.00 bits per heavy atom. The second kappa shape index (κ2) is 11.4. The first-order chi connectivity index (χ1) is 13.9. The standard InChI is InChI=1S/C25H34N2O2/c1-5-10-24(28)27(18-22-14-9-11-20(4)15-22)23(25(29)26-17-19(2)3)16-21-12-7-6-8-13-21/h6-9,11-15,19,23H,5,10,16-18H2,1-4H3,(H,26,29)/t23-/m1/s1. The molecule has 0 saturated carbocycles. The van der Waals surface area contributed by atoms with Gasteiger partial charge in [0.1, 0.15) is 6.04 Å². The molecule has 0 bridgehead atoms. The van der Waals surface area contributed by atoms with E-state index in [4.69, 9.17) is 0 Å². The summed E-state index contributed by atoms with van der Waals surface area (Å²) >= 11 is 0. The van der Waals surface area contributed by atoms with Crippen LogP contribution in [0.5, 0.6) is 0 Å². The molecule has 0 spiro atoms. The van der Waals surface area contributed by atoms with Crippen LogP contribution in [-0.2, 0) is 22.6 Å². The number of aryl methyl sites for hydroxylation is 1. The van der Waals surface area contributed by atoms with E-state index in [1.807, 2.05) is 62.4 Å². The molecule has 2 amide bonds. The third-order valence-corrected chi connectivity index (χ3v) is 4.85. The van der Waals surface area contributed by atoms with Crippen molar-refractivity contribution in [2.24, 2.45) is 5.92 Å². The third-order valence-electron chi connectivity index (χ3n) is 4.85. The second-order valence-corrected chi connectivity index (χ2v) is 8.11. The number of benzene rings is 2. The zero-order valence-corrected chi connectivity index (χ0v) is 18.2. The van der Waals surface area contributed by atoms with Crippen molar-refractivity contribution >= 4 is 11.8 Å². The number of hydrogen-bond donors (Lipinski definition) is 1. The van der Waals surface area contributed by atoms with E-state index in [0.717, 1.165) is 23.1 Å². The Labute approximate surface area is 175 Å². The summed E-state index contributed by atoms with van der Waals surface area (Å²) in [6, 6.07) is 17.5. The number of hydrogen-bond acceptors (Lipinski definition) is 2. The summed E-state index contributed by atoms with van der Waals surface area (Å²) in [6.45, 7) is 9.21. The number of nitrogens with one attached hydrogen (secondary N) is 1. The van der Waals surface area contributed by atoms with Crippen LogP contribution < -0.4 is 5.32 Å². The fourth-order valence-corrected chi connectivity index (χ4v) is 3.34. The summed E-state index contributed by atoms with van der Waals surface area (Å²) < 4.78 is 0. The Kier molecular flexibility index (Phi) is 8.91. The van der Waals surface area contributed by atoms with Gasteiger partial charge in [-0.05, 0) is 30.4 Å². The number of amides is 2. The number of carbonyl (C=O) groups excluding carboxylic acids is 2. The summed E-state index contributed by atoms with van der Waals surface area (Å²) in [7, 11) is 0. The van der Waals surface area contributed by atoms with Gasteiger partial charge in [0.2, 0.25) is 11.8 Å². The monoisotopic (exact) mass is 394 g/mol. The fourth-order valence-electron chi connectivity index (χ4n) is 3.34. The lowest BCUT2D eigenvalue weighted by molar-refractivity contribution is -0.141. The molecule has 0 saturated heterocycles. The maximum atomic E-state index is 13.2. The zero-order valence-electron chi connectivity index (χ0n) is 18.2. The van der Waals surface area contributed by atoms with E-state index in [2.05, 4.69) is 25.2 Å². The highest BCUT2D eigenvalue weighted by Crippen LogP contribution is 2.17. The molecule has 29 heavy (non-hydrogen) atoms. The molecule has 2 aromatic rings. The van der Waals surface area contributed by atoms with Crippen molar-refractivity contribution in [3.63, 3.8) is 0 Å². The maximum Gasteiger partial charge on any atom is 0.243 e. The summed E-state index contributed by atoms with van der Waals surface area (Å²) in [5.74, 6) is 0.294. The smallest absolute Gasteiger partial charge is 0.243 e. The van der Waals surface area contributed by atoms with Crippen molar-refractivity contribution in [1.29, 1.82) is 0 Å². The van der Waals surface area contributed by atoms with Crippen LogP contribution in [0.1, 0.15) is 50.3 Å². The highest BCUT2D eigenvalue weighted by molar-refractivity contribution is 5.88. The number of carbonyl (C=O) groups is 2. The maximum absolute atomic E-state index is 13.2. The van der Waals surface area contributed by atoms with Crippen LogP contribution in [0.3, 0.4) is 0 Å². The van der Waals surface area contributed by atoms with Crippen LogP contribution in [0.15, 0.2) is 54.6 Å². The average Bonchev–Trinajstić information content (AvgIpc) is 2.69. The first kappa shape index (κ1) is 22.7. The molecule has 1 atom stereocenters. The van der Waals surface area contributed by atoms with E-state index < -0.39 is 6.04 Å². The molecule has 1 N–H and O–H groups in total. The molecule has 4 nitrogen and oxygen atoms in total. The van der Waals surface area contributed by atoms with E-state index in [9.17, 15) is 9.59 Å². The minimum Gasteiger partial charge on any atom is -0.354 e. The minimum atomic E-state index is -0.532. The summed E-state index contributed by atoms with van der Waals surface area (Å²) in [5, 5.41) is 3.04. The molecule has 0 unspecified atom stereocenters. The molecule has 0 aromatic heterocycles. The molecular formula is C25H34N2O2. The van der Waals surface area contributed by atoms with Gasteiger partial charge in [0.15, 0.2) is 0 Å². The van der Waals surface area contributed by atoms with E-state index in [1.54, 1.807) is 4.90 Å². The molecule has 0 aliphatic heterocycles. The van der Waals surface area contributed by atoms with Crippen LogP contribution in [0.25, 0.3) is 0 Å². The van der Waals surface area contributed by atoms with Crippen molar-refractivity contribution in [2.75, 3.05) is 6.54 Å². The molecule has 0 radical (unpaired) electrons. The Hall–Kier alpha value is -2.62. The minimum absolute atomic E-state index is 0.0228. The molecule has 0 fully saturated rings. The lowest BCUT2D eigenvalue weighted by Gasteiger charge is -2.32.